The summed E-state index contributed by atoms with van der Waals surface area (Å²) >= 11 is 13.3. The maximum Gasteiger partial charge on any atom is 0.279 e. The lowest BCUT2D eigenvalue weighted by Crippen LogP contribution is -2.23. The summed E-state index contributed by atoms with van der Waals surface area (Å²) < 4.78 is 2.18. The van der Waals surface area contributed by atoms with Crippen LogP contribution in [0.2, 0.25) is 10.0 Å². The normalized spacial score (nSPS) is 11.0. The van der Waals surface area contributed by atoms with E-state index >= 15 is 0 Å². The Hall–Kier alpha value is -1.81. The van der Waals surface area contributed by atoms with Crippen LogP contribution in [0.1, 0.15) is 5.56 Å². The fourth-order valence-corrected chi connectivity index (χ4v) is 3.49. The summed E-state index contributed by atoms with van der Waals surface area (Å²) in [7, 11) is 3.47. The van der Waals surface area contributed by atoms with Crippen molar-refractivity contribution in [3.05, 3.63) is 38.1 Å². The van der Waals surface area contributed by atoms with Crippen molar-refractivity contribution in [2.24, 2.45) is 0 Å². The van der Waals surface area contributed by atoms with Gasteiger partial charge in [-0.3, -0.25) is 4.79 Å². The van der Waals surface area contributed by atoms with Crippen molar-refractivity contribution in [2.75, 3.05) is 19.0 Å². The zero-order valence-electron chi connectivity index (χ0n) is 11.0. The van der Waals surface area contributed by atoms with Crippen LogP contribution in [0.25, 0.3) is 15.2 Å². The molecule has 0 amide bonds. The second-order valence-electron chi connectivity index (χ2n) is 4.58. The molecule has 0 bridgehead atoms. The molecule has 2 heterocycles. The first-order valence-electron chi connectivity index (χ1n) is 5.85. The van der Waals surface area contributed by atoms with Crippen molar-refractivity contribution in [3.63, 3.8) is 0 Å². The zero-order valence-corrected chi connectivity index (χ0v) is 13.3. The minimum atomic E-state index is -0.407. The maximum absolute atomic E-state index is 12.6. The number of aromatic nitrogens is 2. The lowest BCUT2D eigenvalue weighted by Gasteiger charge is -2.12. The van der Waals surface area contributed by atoms with Crippen molar-refractivity contribution in [3.8, 4) is 6.07 Å². The molecule has 0 N–H and O–H groups in total. The molecule has 0 fully saturated rings. The van der Waals surface area contributed by atoms with Crippen molar-refractivity contribution < 1.29 is 0 Å². The molecule has 5 nitrogen and oxygen atoms in total. The van der Waals surface area contributed by atoms with E-state index in [1.54, 1.807) is 31.1 Å². The first-order chi connectivity index (χ1) is 9.93. The Balaban J connectivity index is 2.56. The van der Waals surface area contributed by atoms with E-state index in [9.17, 15) is 10.1 Å². The fourth-order valence-electron chi connectivity index (χ4n) is 2.07. The number of nitriles is 1. The highest BCUT2D eigenvalue weighted by molar-refractivity contribution is 7.23. The van der Waals surface area contributed by atoms with Crippen LogP contribution in [0.3, 0.4) is 0 Å². The number of hydrogen-bond donors (Lipinski definition) is 0. The molecule has 21 heavy (non-hydrogen) atoms. The number of anilines is 1. The van der Waals surface area contributed by atoms with E-state index in [1.165, 1.54) is 15.7 Å². The largest absolute Gasteiger partial charge is 0.361 e. The van der Waals surface area contributed by atoms with E-state index in [2.05, 4.69) is 4.98 Å². The van der Waals surface area contributed by atoms with Crippen molar-refractivity contribution in [1.29, 1.82) is 5.26 Å². The molecule has 0 saturated carbocycles. The van der Waals surface area contributed by atoms with E-state index in [-0.39, 0.29) is 5.56 Å². The number of thiazole rings is 1. The molecule has 106 valence electrons. The summed E-state index contributed by atoms with van der Waals surface area (Å²) in [4.78, 5) is 19.1. The van der Waals surface area contributed by atoms with Gasteiger partial charge in [0.2, 0.25) is 0 Å². The number of fused-ring (bicyclic) bond motifs is 3. The van der Waals surface area contributed by atoms with Crippen molar-refractivity contribution in [1.82, 2.24) is 9.38 Å². The lowest BCUT2D eigenvalue weighted by atomic mass is 10.3. The molecular weight excluding hydrogens is 331 g/mol. The van der Waals surface area contributed by atoms with Gasteiger partial charge in [-0.05, 0) is 12.1 Å². The molecule has 0 aliphatic heterocycles. The van der Waals surface area contributed by atoms with E-state index in [0.717, 1.165) is 4.70 Å². The molecule has 3 rings (SSSR count). The summed E-state index contributed by atoms with van der Waals surface area (Å²) in [6.45, 7) is 0. The average Bonchev–Trinajstić information content (AvgIpc) is 2.76. The average molecular weight is 339 g/mol. The Morgan fingerprint density at radius 1 is 1.33 bits per heavy atom. The van der Waals surface area contributed by atoms with Crippen LogP contribution in [0.4, 0.5) is 5.82 Å². The van der Waals surface area contributed by atoms with Crippen LogP contribution in [-0.4, -0.2) is 23.5 Å². The van der Waals surface area contributed by atoms with Gasteiger partial charge in [-0.15, -0.1) is 0 Å². The number of rotatable bonds is 1. The van der Waals surface area contributed by atoms with Gasteiger partial charge in [-0.1, -0.05) is 34.5 Å². The minimum absolute atomic E-state index is 0.00303. The Bertz CT molecular complexity index is 984. The quantitative estimate of drug-likeness (QED) is 0.683. The summed E-state index contributed by atoms with van der Waals surface area (Å²) in [6.07, 6.45) is 0. The topological polar surface area (TPSA) is 61.4 Å². The monoisotopic (exact) mass is 338 g/mol. The third kappa shape index (κ3) is 2.05. The van der Waals surface area contributed by atoms with Crippen LogP contribution in [0, 0.1) is 11.3 Å². The summed E-state index contributed by atoms with van der Waals surface area (Å²) in [5.74, 6) is 0.353. The predicted octanol–water partition coefficient (Wildman–Crippen LogP) is 3.15. The number of hydrogen-bond acceptors (Lipinski definition) is 5. The van der Waals surface area contributed by atoms with E-state index in [4.69, 9.17) is 23.2 Å². The molecule has 0 aliphatic carbocycles. The predicted molar refractivity (Wildman–Crippen MR) is 85.9 cm³/mol. The van der Waals surface area contributed by atoms with Crippen LogP contribution in [0.15, 0.2) is 16.9 Å². The van der Waals surface area contributed by atoms with Gasteiger partial charge in [0.1, 0.15) is 6.07 Å². The van der Waals surface area contributed by atoms with E-state index < -0.39 is 5.56 Å². The lowest BCUT2D eigenvalue weighted by molar-refractivity contribution is 1.02. The Morgan fingerprint density at radius 2 is 2.00 bits per heavy atom. The SMILES string of the molecule is CN(C)c1nc2sc3cc(Cl)c(Cl)cc3n2c(=O)c1C#N. The van der Waals surface area contributed by atoms with Crippen LogP contribution < -0.4 is 10.5 Å². The maximum atomic E-state index is 12.6. The summed E-state index contributed by atoms with van der Waals surface area (Å²) in [5.41, 5.74) is 0.197. The van der Waals surface area contributed by atoms with Crippen molar-refractivity contribution in [2.45, 2.75) is 0 Å². The summed E-state index contributed by atoms with van der Waals surface area (Å²) in [6, 6.07) is 5.23. The van der Waals surface area contributed by atoms with Crippen LogP contribution in [0.5, 0.6) is 0 Å². The highest BCUT2D eigenvalue weighted by Gasteiger charge is 2.18. The van der Waals surface area contributed by atoms with Crippen LogP contribution in [-0.2, 0) is 0 Å². The third-order valence-corrected chi connectivity index (χ3v) is 4.74. The molecular formula is C13H8Cl2N4OS. The van der Waals surface area contributed by atoms with Gasteiger partial charge in [0, 0.05) is 14.1 Å². The van der Waals surface area contributed by atoms with Gasteiger partial charge in [0.15, 0.2) is 16.3 Å². The molecule has 8 heteroatoms. The third-order valence-electron chi connectivity index (χ3n) is 3.01. The Kier molecular flexibility index (Phi) is 3.29. The highest BCUT2D eigenvalue weighted by atomic mass is 35.5. The van der Waals surface area contributed by atoms with Gasteiger partial charge >= 0.3 is 0 Å². The molecule has 0 radical (unpaired) electrons. The molecule has 3 aromatic rings. The van der Waals surface area contributed by atoms with Gasteiger partial charge in [0.25, 0.3) is 5.56 Å². The van der Waals surface area contributed by atoms with E-state index in [1.807, 2.05) is 6.07 Å². The molecule has 0 saturated heterocycles. The second kappa shape index (κ2) is 4.88. The molecule has 0 spiro atoms. The fraction of sp³-hybridized carbons (Fsp3) is 0.154. The van der Waals surface area contributed by atoms with Crippen molar-refractivity contribution >= 4 is 55.5 Å². The second-order valence-corrected chi connectivity index (χ2v) is 6.40. The Labute approximate surface area is 133 Å². The number of benzene rings is 1. The molecule has 1 aromatic carbocycles. The number of halogens is 2. The van der Waals surface area contributed by atoms with Gasteiger partial charge in [-0.2, -0.15) is 5.26 Å². The highest BCUT2D eigenvalue weighted by Crippen LogP contribution is 2.32. The van der Waals surface area contributed by atoms with Crippen LogP contribution >= 0.6 is 34.5 Å². The van der Waals surface area contributed by atoms with E-state index in [0.29, 0.717) is 26.3 Å². The van der Waals surface area contributed by atoms with Gasteiger partial charge in [0.05, 0.1) is 20.3 Å². The van der Waals surface area contributed by atoms with Gasteiger partial charge < -0.3 is 4.90 Å². The number of nitrogens with zero attached hydrogens (tertiary/aromatic N) is 4. The summed E-state index contributed by atoms with van der Waals surface area (Å²) in [5, 5.41) is 10.0. The zero-order chi connectivity index (χ0) is 15.3. The molecule has 0 aliphatic rings. The van der Waals surface area contributed by atoms with Gasteiger partial charge in [-0.25, -0.2) is 9.38 Å². The first-order valence-corrected chi connectivity index (χ1v) is 7.43. The molecule has 2 aromatic heterocycles. The first kappa shape index (κ1) is 14.1. The standard InChI is InChI=1S/C13H8Cl2N4OS/c1-18(2)11-6(5-16)12(20)19-9-3-7(14)8(15)4-10(9)21-13(19)17-11/h3-4H,1-2H3. The smallest absolute Gasteiger partial charge is 0.279 e. The Morgan fingerprint density at radius 3 is 2.62 bits per heavy atom. The molecule has 0 unspecified atom stereocenters. The minimum Gasteiger partial charge on any atom is -0.361 e. The molecule has 0 atom stereocenters.